The van der Waals surface area contributed by atoms with Gasteiger partial charge in [0, 0.05) is 43.1 Å². The van der Waals surface area contributed by atoms with Crippen molar-refractivity contribution in [2.75, 3.05) is 30.7 Å². The van der Waals surface area contributed by atoms with Gasteiger partial charge in [-0.15, -0.1) is 0 Å². The molecule has 0 radical (unpaired) electrons. The molecule has 1 saturated heterocycles. The van der Waals surface area contributed by atoms with E-state index in [1.165, 1.54) is 6.20 Å². The van der Waals surface area contributed by atoms with Gasteiger partial charge in [0.15, 0.2) is 0 Å². The van der Waals surface area contributed by atoms with Gasteiger partial charge in [-0.3, -0.25) is 4.98 Å². The molecule has 178 valence electrons. The van der Waals surface area contributed by atoms with Gasteiger partial charge < -0.3 is 15.2 Å². The van der Waals surface area contributed by atoms with Crippen molar-refractivity contribution in [2.45, 2.75) is 31.9 Å². The molecule has 0 spiro atoms. The molecule has 0 aliphatic carbocycles. The number of aromatic nitrogens is 3. The van der Waals surface area contributed by atoms with E-state index in [0.29, 0.717) is 31.0 Å². The Bertz CT molecular complexity index is 1310. The topological polar surface area (TPSA) is 79.8 Å². The van der Waals surface area contributed by atoms with Gasteiger partial charge in [0.05, 0.1) is 22.7 Å². The number of hydrogen-bond donors (Lipinski definition) is 2. The number of benzene rings is 1. The normalized spacial score (nSPS) is 18.6. The van der Waals surface area contributed by atoms with Crippen molar-refractivity contribution < 1.29 is 17.7 Å². The van der Waals surface area contributed by atoms with Crippen LogP contribution in [0.1, 0.15) is 35.4 Å². The molecule has 4 heterocycles. The number of fused-ring (bicyclic) bond motifs is 5. The summed E-state index contributed by atoms with van der Waals surface area (Å²) in [5.74, 6) is 0.476. The number of nitrogens with zero attached hydrogens (tertiary/aromatic N) is 3. The van der Waals surface area contributed by atoms with E-state index in [0.717, 1.165) is 30.4 Å². The van der Waals surface area contributed by atoms with Gasteiger partial charge >= 0.3 is 6.18 Å². The van der Waals surface area contributed by atoms with Crippen molar-refractivity contribution in [3.8, 4) is 0 Å². The van der Waals surface area contributed by atoms with Crippen molar-refractivity contribution in [1.29, 1.82) is 0 Å². The monoisotopic (exact) mass is 487 g/mol. The Morgan fingerprint density at radius 1 is 1.03 bits per heavy atom. The molecule has 1 fully saturated rings. The molecule has 10 heteroatoms. The molecule has 2 aliphatic heterocycles. The Morgan fingerprint density at radius 2 is 1.76 bits per heavy atom. The van der Waals surface area contributed by atoms with Crippen LogP contribution < -0.4 is 16.1 Å². The van der Waals surface area contributed by atoms with Crippen molar-refractivity contribution in [2.24, 2.45) is 0 Å². The minimum atomic E-state index is -4.78. The zero-order valence-electron chi connectivity index (χ0n) is 18.6. The van der Waals surface area contributed by atoms with Crippen LogP contribution in [-0.2, 0) is 23.6 Å². The van der Waals surface area contributed by atoms with E-state index in [1.54, 1.807) is 0 Å². The third-order valence-electron chi connectivity index (χ3n) is 6.44. The minimum absolute atomic E-state index is 0.0272. The van der Waals surface area contributed by atoms with E-state index in [1.807, 2.05) is 24.3 Å². The van der Waals surface area contributed by atoms with Crippen LogP contribution in [0.5, 0.6) is 0 Å². The van der Waals surface area contributed by atoms with E-state index in [2.05, 4.69) is 32.2 Å². The summed E-state index contributed by atoms with van der Waals surface area (Å²) in [5, 5.41) is 5.92. The van der Waals surface area contributed by atoms with Gasteiger partial charge in [0.25, 0.3) is 0 Å². The second-order valence-corrected chi connectivity index (χ2v) is 11.9. The Kier molecular flexibility index (Phi) is 5.94. The zero-order valence-corrected chi connectivity index (χ0v) is 19.5. The fourth-order valence-corrected chi connectivity index (χ4v) is 7.35. The SMILES string of the molecule is C=C1Nc2nc(nc3cnc(P4(=O)CCNCC4)c(C(F)(F)F)c23)CCCCc2ccccc21. The lowest BCUT2D eigenvalue weighted by molar-refractivity contribution is -0.135. The number of halogens is 3. The number of alkyl halides is 3. The van der Waals surface area contributed by atoms with E-state index in [-0.39, 0.29) is 34.5 Å². The predicted octanol–water partition coefficient (Wildman–Crippen LogP) is 4.60. The average Bonchev–Trinajstić information content (AvgIpc) is 2.83. The van der Waals surface area contributed by atoms with Gasteiger partial charge in [-0.2, -0.15) is 13.2 Å². The van der Waals surface area contributed by atoms with Gasteiger partial charge in [0.2, 0.25) is 0 Å². The molecule has 3 aromatic rings. The van der Waals surface area contributed by atoms with Gasteiger partial charge in [-0.25, -0.2) is 9.97 Å². The lowest BCUT2D eigenvalue weighted by atomic mass is 9.99. The van der Waals surface area contributed by atoms with E-state index in [4.69, 9.17) is 0 Å². The van der Waals surface area contributed by atoms with Gasteiger partial charge in [-0.1, -0.05) is 30.8 Å². The smallest absolute Gasteiger partial charge is 0.340 e. The van der Waals surface area contributed by atoms with Crippen LogP contribution in [0.2, 0.25) is 0 Å². The maximum atomic E-state index is 14.6. The maximum Gasteiger partial charge on any atom is 0.419 e. The fraction of sp³-hybridized carbons (Fsp3) is 0.375. The number of anilines is 1. The maximum absolute atomic E-state index is 14.6. The van der Waals surface area contributed by atoms with E-state index < -0.39 is 18.9 Å². The summed E-state index contributed by atoms with van der Waals surface area (Å²) in [7, 11) is -3.34. The number of aryl methyl sites for hydroxylation is 2. The highest BCUT2D eigenvalue weighted by Gasteiger charge is 2.44. The molecule has 2 bridgehead atoms. The highest BCUT2D eigenvalue weighted by molar-refractivity contribution is 7.71. The predicted molar refractivity (Wildman–Crippen MR) is 128 cm³/mol. The number of pyridine rings is 1. The average molecular weight is 487 g/mol. The molecule has 0 atom stereocenters. The number of hydrogen-bond acceptors (Lipinski definition) is 6. The number of rotatable bonds is 1. The quantitative estimate of drug-likeness (QED) is 0.489. The highest BCUT2D eigenvalue weighted by atomic mass is 31.2. The third kappa shape index (κ3) is 4.23. The first-order valence-electron chi connectivity index (χ1n) is 11.4. The molecular formula is C24H25F3N5OP. The first-order valence-corrected chi connectivity index (χ1v) is 13.4. The van der Waals surface area contributed by atoms with Crippen LogP contribution in [0.4, 0.5) is 19.0 Å². The Labute approximate surface area is 195 Å². The highest BCUT2D eigenvalue weighted by Crippen LogP contribution is 2.49. The summed E-state index contributed by atoms with van der Waals surface area (Å²) in [6.07, 6.45) is -0.149. The third-order valence-corrected chi connectivity index (χ3v) is 9.45. The van der Waals surface area contributed by atoms with Crippen molar-refractivity contribution in [1.82, 2.24) is 20.3 Å². The summed E-state index contributed by atoms with van der Waals surface area (Å²) in [4.78, 5) is 13.0. The molecule has 0 amide bonds. The lowest BCUT2D eigenvalue weighted by Crippen LogP contribution is -2.35. The summed E-state index contributed by atoms with van der Waals surface area (Å²) < 4.78 is 57.4. The molecule has 2 N–H and O–H groups in total. The van der Waals surface area contributed by atoms with Crippen molar-refractivity contribution >= 4 is 35.0 Å². The number of nitrogens with one attached hydrogen (secondary N) is 2. The molecule has 34 heavy (non-hydrogen) atoms. The van der Waals surface area contributed by atoms with Crippen molar-refractivity contribution in [3.63, 3.8) is 0 Å². The zero-order chi connectivity index (χ0) is 23.9. The first-order chi connectivity index (χ1) is 16.3. The van der Waals surface area contributed by atoms with Crippen molar-refractivity contribution in [3.05, 3.63) is 59.6 Å². The van der Waals surface area contributed by atoms with Crippen LogP contribution >= 0.6 is 7.14 Å². The van der Waals surface area contributed by atoms with Crippen LogP contribution in [0, 0.1) is 0 Å². The molecule has 1 aromatic carbocycles. The summed E-state index contributed by atoms with van der Waals surface area (Å²) in [6.45, 7) is 4.89. The first kappa shape index (κ1) is 23.0. The Hall–Kier alpha value is -2.77. The van der Waals surface area contributed by atoms with Crippen LogP contribution in [0.15, 0.2) is 37.0 Å². The Morgan fingerprint density at radius 3 is 2.53 bits per heavy atom. The molecule has 0 unspecified atom stereocenters. The van der Waals surface area contributed by atoms with Gasteiger partial charge in [-0.05, 0) is 24.8 Å². The standard InChI is InChI=1S/C24H25F3N5OP/c1-15-17-8-4-2-6-16(17)7-3-5-9-19-31-18-14-29-23(34(33)12-10-28-11-13-34)21(24(25,26)27)20(18)22(30-15)32-19/h2,4,6,8,14,28H,1,3,5,7,9-13H2,(H,30,31,32). The molecule has 2 aliphatic rings. The van der Waals surface area contributed by atoms with Crippen LogP contribution in [0.25, 0.3) is 16.6 Å². The molecular weight excluding hydrogens is 462 g/mol. The molecule has 0 saturated carbocycles. The van der Waals surface area contributed by atoms with Gasteiger partial charge in [0.1, 0.15) is 24.2 Å². The summed E-state index contributed by atoms with van der Waals surface area (Å²) in [5.41, 5.74) is 1.09. The lowest BCUT2D eigenvalue weighted by Gasteiger charge is -2.26. The second kappa shape index (κ2) is 8.78. The molecule has 2 aromatic heterocycles. The van der Waals surface area contributed by atoms with E-state index >= 15 is 0 Å². The molecule has 5 rings (SSSR count). The van der Waals surface area contributed by atoms with Crippen LogP contribution in [-0.4, -0.2) is 40.4 Å². The Balaban J connectivity index is 1.76. The largest absolute Gasteiger partial charge is 0.419 e. The second-order valence-electron chi connectivity index (χ2n) is 8.76. The van der Waals surface area contributed by atoms with Crippen LogP contribution in [0.3, 0.4) is 0 Å². The summed E-state index contributed by atoms with van der Waals surface area (Å²) in [6, 6.07) is 7.72. The molecule has 6 nitrogen and oxygen atoms in total. The van der Waals surface area contributed by atoms with E-state index in [9.17, 15) is 17.7 Å². The summed E-state index contributed by atoms with van der Waals surface area (Å²) >= 11 is 0. The minimum Gasteiger partial charge on any atom is -0.340 e. The fourth-order valence-electron chi connectivity index (χ4n) is 4.75.